The molecular weight excluding hydrogens is 856 g/mol. The number of amides is 4. The van der Waals surface area contributed by atoms with Crippen LogP contribution in [0.2, 0.25) is 0 Å². The van der Waals surface area contributed by atoms with Gasteiger partial charge >= 0.3 is 12.2 Å². The Hall–Kier alpha value is -7.49. The molecule has 67 heavy (non-hydrogen) atoms. The highest BCUT2D eigenvalue weighted by Gasteiger charge is 2.51. The first kappa shape index (κ1) is 44.7. The number of alkyl carbamates (subject to hydrolysis) is 2. The molecule has 4 N–H and O–H groups in total. The van der Waals surface area contributed by atoms with Crippen molar-refractivity contribution in [3.63, 3.8) is 0 Å². The molecule has 2 unspecified atom stereocenters. The van der Waals surface area contributed by atoms with Crippen LogP contribution < -0.4 is 15.4 Å². The van der Waals surface area contributed by atoms with Gasteiger partial charge in [0.15, 0.2) is 11.6 Å². The van der Waals surface area contributed by atoms with E-state index >= 15 is 4.39 Å². The van der Waals surface area contributed by atoms with Crippen LogP contribution in [0.3, 0.4) is 0 Å². The number of fused-ring (bicyclic) bond motifs is 6. The van der Waals surface area contributed by atoms with Gasteiger partial charge in [-0.2, -0.15) is 0 Å². The molecule has 4 aromatic carbocycles. The number of halogens is 1. The number of nitrogens with zero attached hydrogens (tertiary/aromatic N) is 4. The minimum atomic E-state index is -0.910. The summed E-state index contributed by atoms with van der Waals surface area (Å²) in [4.78, 5) is 72.3. The van der Waals surface area contributed by atoms with Gasteiger partial charge in [0.25, 0.3) is 5.91 Å². The van der Waals surface area contributed by atoms with Crippen LogP contribution in [-0.2, 0) is 32.2 Å². The average molecular weight is 909 g/mol. The summed E-state index contributed by atoms with van der Waals surface area (Å²) in [5.74, 6) is 0.286. The topological polar surface area (TPSA) is 184 Å². The zero-order chi connectivity index (χ0) is 46.9. The maximum atomic E-state index is 16.4. The molecule has 1 aliphatic carbocycles. The number of carbonyl (C=O) groups is 4. The lowest BCUT2D eigenvalue weighted by Crippen LogP contribution is -2.51. The lowest BCUT2D eigenvalue weighted by molar-refractivity contribution is -0.138. The molecule has 2 fully saturated rings. The Balaban J connectivity index is 0.934. The van der Waals surface area contributed by atoms with E-state index in [1.807, 2.05) is 79.4 Å². The third-order valence-electron chi connectivity index (χ3n) is 13.2. The van der Waals surface area contributed by atoms with E-state index in [0.717, 1.165) is 52.5 Å². The van der Waals surface area contributed by atoms with Crippen molar-refractivity contribution in [1.82, 2.24) is 40.4 Å². The van der Waals surface area contributed by atoms with E-state index in [0.29, 0.717) is 41.4 Å². The second-order valence-corrected chi connectivity index (χ2v) is 17.7. The van der Waals surface area contributed by atoms with Gasteiger partial charge in [-0.15, -0.1) is 6.58 Å². The number of piperidine rings is 1. The fourth-order valence-electron chi connectivity index (χ4n) is 9.86. The number of hydrogen-bond donors (Lipinski definition) is 4. The normalized spacial score (nSPS) is 17.8. The van der Waals surface area contributed by atoms with Gasteiger partial charge in [-0.25, -0.2) is 23.9 Å². The molecule has 2 aromatic heterocycles. The summed E-state index contributed by atoms with van der Waals surface area (Å²) in [5, 5.41) is 5.40. The molecule has 4 amide bonds. The number of benzene rings is 4. The Morgan fingerprint density at radius 2 is 1.67 bits per heavy atom. The van der Waals surface area contributed by atoms with E-state index in [4.69, 9.17) is 19.2 Å². The van der Waals surface area contributed by atoms with Crippen molar-refractivity contribution in [2.24, 2.45) is 11.8 Å². The number of aromatic nitrogens is 4. The highest BCUT2D eigenvalue weighted by molar-refractivity contribution is 5.89. The Morgan fingerprint density at radius 1 is 0.940 bits per heavy atom. The first-order valence-electron chi connectivity index (χ1n) is 22.5. The molecule has 0 radical (unpaired) electrons. The van der Waals surface area contributed by atoms with E-state index in [1.54, 1.807) is 17.0 Å². The summed E-state index contributed by atoms with van der Waals surface area (Å²) >= 11 is 0. The predicted octanol–water partition coefficient (Wildman–Crippen LogP) is 8.75. The first-order chi connectivity index (χ1) is 32.5. The predicted molar refractivity (Wildman–Crippen MR) is 249 cm³/mol. The summed E-state index contributed by atoms with van der Waals surface area (Å²) < 4.78 is 32.2. The Morgan fingerprint density at radius 3 is 2.43 bits per heavy atom. The van der Waals surface area contributed by atoms with Crippen molar-refractivity contribution in [3.8, 4) is 39.3 Å². The van der Waals surface area contributed by atoms with Gasteiger partial charge in [0, 0.05) is 23.7 Å². The average Bonchev–Trinajstić information content (AvgIpc) is 4.18. The minimum Gasteiger partial charge on any atom is -0.485 e. The minimum absolute atomic E-state index is 0.0357. The van der Waals surface area contributed by atoms with Crippen LogP contribution in [0, 0.1) is 17.7 Å². The summed E-state index contributed by atoms with van der Waals surface area (Å²) in [7, 11) is 2.53. The standard InChI is InChI=1S/C51H53FN8O7/c1-6-7-21-59(48(61)43(28(2)3)57-50(63)65-4)26-41-53-25-40(54-41)37-19-18-36-35-17-14-30(22-33(35)27-67-46(36)42(37)52)31-15-20-38-39(24-31)56-47(55-38)45-32-13-16-34(23-32)60(45)49(62)44(58-51(64)66-5)29-11-9-8-10-12-29/h6,8-12,14-15,17-20,22,24-25,28,32,34,43-45H,1,7,13,16,21,23,26-27H2,2-5H3,(H,53,54)(H,55,56)(H,57,63)(H,58,64)/t32-,34+,43?,44+,45?/m0/s1. The number of imidazole rings is 2. The largest absolute Gasteiger partial charge is 0.485 e. The molecule has 4 heterocycles. The maximum Gasteiger partial charge on any atom is 0.407 e. The molecule has 9 rings (SSSR count). The second kappa shape index (κ2) is 18.8. The molecule has 1 saturated carbocycles. The van der Waals surface area contributed by atoms with Crippen molar-refractivity contribution in [2.75, 3.05) is 20.8 Å². The molecule has 346 valence electrons. The number of hydrogen-bond acceptors (Lipinski definition) is 9. The van der Waals surface area contributed by atoms with Gasteiger partial charge < -0.3 is 44.6 Å². The van der Waals surface area contributed by atoms with Gasteiger partial charge in [0.2, 0.25) is 5.91 Å². The Kier molecular flexibility index (Phi) is 12.5. The van der Waals surface area contributed by atoms with Crippen LogP contribution >= 0.6 is 0 Å². The Labute approximate surface area is 387 Å². The van der Waals surface area contributed by atoms with Crippen LogP contribution in [0.25, 0.3) is 44.5 Å². The maximum absolute atomic E-state index is 16.4. The number of aromatic amines is 2. The van der Waals surface area contributed by atoms with E-state index in [9.17, 15) is 19.2 Å². The van der Waals surface area contributed by atoms with Crippen molar-refractivity contribution in [3.05, 3.63) is 126 Å². The number of methoxy groups -OCH3 is 2. The lowest BCUT2D eigenvalue weighted by atomic mass is 9.92. The lowest BCUT2D eigenvalue weighted by Gasteiger charge is -2.36. The fraction of sp³-hybridized carbons (Fsp3) is 0.333. The molecule has 5 atom stereocenters. The van der Waals surface area contributed by atoms with Gasteiger partial charge in [0.05, 0.1) is 49.7 Å². The number of rotatable bonds is 14. The molecule has 0 spiro atoms. The van der Waals surface area contributed by atoms with Crippen LogP contribution in [0.1, 0.15) is 74.4 Å². The molecule has 6 aromatic rings. The molecule has 16 heteroatoms. The summed E-state index contributed by atoms with van der Waals surface area (Å²) in [6.45, 7) is 8.04. The number of carbonyl (C=O) groups excluding carboxylic acids is 4. The van der Waals surface area contributed by atoms with E-state index in [2.05, 4.69) is 44.3 Å². The third kappa shape index (κ3) is 8.70. The molecular formula is C51H53FN8O7. The highest BCUT2D eigenvalue weighted by atomic mass is 19.1. The van der Waals surface area contributed by atoms with Crippen LogP contribution in [0.4, 0.5) is 14.0 Å². The molecule has 15 nitrogen and oxygen atoms in total. The SMILES string of the molecule is C=CCCN(Cc1ncc(-c2ccc3c(c2F)OCc2cc(-c4ccc5nc(C6[C@H]7CC[C@H](C7)N6C(=O)[C@H](NC(=O)OC)c6ccccc6)[nH]c5c4)ccc2-3)[nH]1)C(=O)C(NC(=O)OC)C(C)C. The fourth-order valence-corrected chi connectivity index (χ4v) is 9.86. The van der Waals surface area contributed by atoms with Crippen molar-refractivity contribution >= 4 is 35.0 Å². The van der Waals surface area contributed by atoms with Crippen molar-refractivity contribution in [2.45, 2.75) is 76.8 Å². The zero-order valence-corrected chi connectivity index (χ0v) is 37.8. The summed E-state index contributed by atoms with van der Waals surface area (Å²) in [6, 6.07) is 22.9. The second-order valence-electron chi connectivity index (χ2n) is 17.7. The number of likely N-dealkylation sites (tertiary alicyclic amines) is 1. The van der Waals surface area contributed by atoms with Crippen molar-refractivity contribution in [1.29, 1.82) is 0 Å². The van der Waals surface area contributed by atoms with Gasteiger partial charge in [-0.3, -0.25) is 9.59 Å². The van der Waals surface area contributed by atoms with E-state index < -0.39 is 30.1 Å². The smallest absolute Gasteiger partial charge is 0.407 e. The van der Waals surface area contributed by atoms with Crippen LogP contribution in [0.15, 0.2) is 97.7 Å². The molecule has 1 saturated heterocycles. The first-order valence-corrected chi connectivity index (χ1v) is 22.5. The highest BCUT2D eigenvalue weighted by Crippen LogP contribution is 2.51. The van der Waals surface area contributed by atoms with Crippen LogP contribution in [0.5, 0.6) is 5.75 Å². The molecule has 3 aliphatic rings. The monoisotopic (exact) mass is 908 g/mol. The van der Waals surface area contributed by atoms with E-state index in [-0.39, 0.29) is 60.2 Å². The van der Waals surface area contributed by atoms with Gasteiger partial charge in [-0.1, -0.05) is 68.5 Å². The van der Waals surface area contributed by atoms with E-state index in [1.165, 1.54) is 20.4 Å². The zero-order valence-electron chi connectivity index (χ0n) is 37.8. The number of H-pyrrole nitrogens is 2. The summed E-state index contributed by atoms with van der Waals surface area (Å²) in [6.07, 6.45) is 5.12. The van der Waals surface area contributed by atoms with Gasteiger partial charge in [0.1, 0.15) is 30.3 Å². The van der Waals surface area contributed by atoms with Gasteiger partial charge in [-0.05, 0) is 95.7 Å². The summed E-state index contributed by atoms with van der Waals surface area (Å²) in [5.41, 5.74) is 7.27. The molecule has 2 bridgehead atoms. The Bertz CT molecular complexity index is 2860. The third-order valence-corrected chi connectivity index (χ3v) is 13.2. The van der Waals surface area contributed by atoms with Crippen LogP contribution in [-0.4, -0.2) is 86.6 Å². The molecule has 2 aliphatic heterocycles. The quantitative estimate of drug-likeness (QED) is 0.0777. The number of ether oxygens (including phenoxy) is 3. The van der Waals surface area contributed by atoms with Crippen molar-refractivity contribution < 1.29 is 37.8 Å². The number of nitrogens with one attached hydrogen (secondary N) is 4.